The molecule has 0 radical (unpaired) electrons. The van der Waals surface area contributed by atoms with Crippen molar-refractivity contribution in [1.82, 2.24) is 14.7 Å². The molecule has 2 fully saturated rings. The lowest BCUT2D eigenvalue weighted by molar-refractivity contribution is -0.142. The number of nitrogens with zero attached hydrogens (tertiary/aromatic N) is 4. The Kier molecular flexibility index (Phi) is 5.93. The molecule has 0 saturated carbocycles. The lowest BCUT2D eigenvalue weighted by Gasteiger charge is -2.32. The van der Waals surface area contributed by atoms with Crippen molar-refractivity contribution in [3.05, 3.63) is 35.1 Å². The maximum atomic E-state index is 13.7. The predicted molar refractivity (Wildman–Crippen MR) is 98.6 cm³/mol. The molecule has 2 heterocycles. The van der Waals surface area contributed by atoms with Gasteiger partial charge in [-0.25, -0.2) is 4.39 Å². The highest BCUT2D eigenvalue weighted by Gasteiger charge is 2.32. The van der Waals surface area contributed by atoms with Crippen LogP contribution in [0.25, 0.3) is 0 Å². The maximum absolute atomic E-state index is 13.7. The molecule has 148 valence electrons. The first-order valence-electron chi connectivity index (χ1n) is 9.41. The SMILES string of the molecule is CN1CC(C(=O)N2CCCN(C(=O)c3cc(F)cc(C#N)c3)CC2)CCC1=O. The molecule has 1 unspecified atom stereocenters. The van der Waals surface area contributed by atoms with Crippen LogP contribution in [-0.2, 0) is 9.59 Å². The van der Waals surface area contributed by atoms with Crippen LogP contribution in [-0.4, -0.2) is 72.2 Å². The number of benzene rings is 1. The van der Waals surface area contributed by atoms with Crippen molar-refractivity contribution < 1.29 is 18.8 Å². The van der Waals surface area contributed by atoms with Gasteiger partial charge >= 0.3 is 0 Å². The Bertz CT molecular complexity index is 835. The first-order chi connectivity index (χ1) is 13.4. The number of hydrogen-bond donors (Lipinski definition) is 0. The predicted octanol–water partition coefficient (Wildman–Crippen LogP) is 1.24. The van der Waals surface area contributed by atoms with Gasteiger partial charge in [-0.2, -0.15) is 5.26 Å². The summed E-state index contributed by atoms with van der Waals surface area (Å²) >= 11 is 0. The molecule has 8 heteroatoms. The Hall–Kier alpha value is -2.95. The van der Waals surface area contributed by atoms with Crippen LogP contribution >= 0.6 is 0 Å². The highest BCUT2D eigenvalue weighted by molar-refractivity contribution is 5.94. The summed E-state index contributed by atoms with van der Waals surface area (Å²) in [5.74, 6) is -1.08. The largest absolute Gasteiger partial charge is 0.345 e. The number of halogens is 1. The van der Waals surface area contributed by atoms with E-state index >= 15 is 0 Å². The second-order valence-corrected chi connectivity index (χ2v) is 7.32. The minimum absolute atomic E-state index is 0.0196. The van der Waals surface area contributed by atoms with Gasteiger partial charge in [0, 0.05) is 51.8 Å². The van der Waals surface area contributed by atoms with E-state index in [1.165, 1.54) is 6.07 Å². The van der Waals surface area contributed by atoms with E-state index in [2.05, 4.69) is 0 Å². The van der Waals surface area contributed by atoms with Crippen molar-refractivity contribution in [2.24, 2.45) is 5.92 Å². The molecule has 3 amide bonds. The van der Waals surface area contributed by atoms with E-state index in [1.54, 1.807) is 21.7 Å². The molecule has 0 aliphatic carbocycles. The number of carbonyl (C=O) groups is 3. The lowest BCUT2D eigenvalue weighted by Crippen LogP contribution is -2.46. The van der Waals surface area contributed by atoms with E-state index in [0.29, 0.717) is 52.0 Å². The van der Waals surface area contributed by atoms with Gasteiger partial charge in [0.2, 0.25) is 11.8 Å². The molecule has 2 aliphatic rings. The third kappa shape index (κ3) is 4.30. The monoisotopic (exact) mass is 386 g/mol. The number of likely N-dealkylation sites (tertiary alicyclic amines) is 1. The molecule has 1 aromatic rings. The van der Waals surface area contributed by atoms with Gasteiger partial charge in [0.05, 0.1) is 17.6 Å². The van der Waals surface area contributed by atoms with Crippen LogP contribution in [0.4, 0.5) is 4.39 Å². The molecule has 0 bridgehead atoms. The van der Waals surface area contributed by atoms with E-state index in [0.717, 1.165) is 12.1 Å². The normalized spacial score (nSPS) is 20.5. The molecular weight excluding hydrogens is 363 g/mol. The highest BCUT2D eigenvalue weighted by Crippen LogP contribution is 2.20. The molecule has 0 N–H and O–H groups in total. The Morgan fingerprint density at radius 1 is 1.14 bits per heavy atom. The van der Waals surface area contributed by atoms with Crippen LogP contribution in [0.3, 0.4) is 0 Å². The minimum Gasteiger partial charge on any atom is -0.345 e. The standard InChI is InChI=1S/C20H23FN4O3/c1-23-13-15(3-4-18(23)26)19(27)24-5-2-6-25(8-7-24)20(28)16-9-14(12-22)10-17(21)11-16/h9-11,15H,2-8,13H2,1H3. The highest BCUT2D eigenvalue weighted by atomic mass is 19.1. The van der Waals surface area contributed by atoms with Gasteiger partial charge in [-0.05, 0) is 31.0 Å². The molecule has 2 aliphatic heterocycles. The van der Waals surface area contributed by atoms with Gasteiger partial charge in [-0.1, -0.05) is 0 Å². The molecule has 2 saturated heterocycles. The van der Waals surface area contributed by atoms with E-state index in [1.807, 2.05) is 6.07 Å². The van der Waals surface area contributed by atoms with Crippen molar-refractivity contribution in [1.29, 1.82) is 5.26 Å². The van der Waals surface area contributed by atoms with Crippen molar-refractivity contribution in [2.75, 3.05) is 39.8 Å². The van der Waals surface area contributed by atoms with Crippen LogP contribution < -0.4 is 0 Å². The topological polar surface area (TPSA) is 84.7 Å². The maximum Gasteiger partial charge on any atom is 0.254 e. The second-order valence-electron chi connectivity index (χ2n) is 7.32. The molecule has 28 heavy (non-hydrogen) atoms. The van der Waals surface area contributed by atoms with E-state index in [-0.39, 0.29) is 34.8 Å². The quantitative estimate of drug-likeness (QED) is 0.766. The summed E-state index contributed by atoms with van der Waals surface area (Å²) in [5.41, 5.74) is 0.245. The number of amides is 3. The number of piperidine rings is 1. The first-order valence-corrected chi connectivity index (χ1v) is 9.41. The molecule has 0 aromatic heterocycles. The summed E-state index contributed by atoms with van der Waals surface area (Å²) in [7, 11) is 1.71. The molecule has 7 nitrogen and oxygen atoms in total. The summed E-state index contributed by atoms with van der Waals surface area (Å²) < 4.78 is 13.7. The van der Waals surface area contributed by atoms with Gasteiger partial charge in [0.15, 0.2) is 0 Å². The van der Waals surface area contributed by atoms with Crippen LogP contribution in [0.2, 0.25) is 0 Å². The molecule has 1 atom stereocenters. The summed E-state index contributed by atoms with van der Waals surface area (Å²) in [5, 5.41) is 8.97. The first kappa shape index (κ1) is 19.8. The third-order valence-electron chi connectivity index (χ3n) is 5.34. The molecule has 0 spiro atoms. The number of rotatable bonds is 2. The zero-order valence-electron chi connectivity index (χ0n) is 15.9. The van der Waals surface area contributed by atoms with Gasteiger partial charge in [-0.15, -0.1) is 0 Å². The molecular formula is C20H23FN4O3. The van der Waals surface area contributed by atoms with Crippen molar-refractivity contribution in [3.8, 4) is 6.07 Å². The molecule has 3 rings (SSSR count). The zero-order valence-corrected chi connectivity index (χ0v) is 15.9. The van der Waals surface area contributed by atoms with Crippen molar-refractivity contribution in [2.45, 2.75) is 19.3 Å². The lowest BCUT2D eigenvalue weighted by atomic mass is 9.96. The Balaban J connectivity index is 1.64. The van der Waals surface area contributed by atoms with Gasteiger partial charge in [0.1, 0.15) is 5.82 Å². The smallest absolute Gasteiger partial charge is 0.254 e. The molecule has 1 aromatic carbocycles. The summed E-state index contributed by atoms with van der Waals surface area (Å²) in [4.78, 5) is 42.1. The van der Waals surface area contributed by atoms with Gasteiger partial charge < -0.3 is 14.7 Å². The van der Waals surface area contributed by atoms with E-state index in [4.69, 9.17) is 5.26 Å². The average Bonchev–Trinajstić information content (AvgIpc) is 2.94. The van der Waals surface area contributed by atoms with Crippen molar-refractivity contribution >= 4 is 17.7 Å². The summed E-state index contributed by atoms with van der Waals surface area (Å²) in [6.45, 7) is 2.19. The van der Waals surface area contributed by atoms with Crippen LogP contribution in [0.15, 0.2) is 18.2 Å². The van der Waals surface area contributed by atoms with Crippen LogP contribution in [0, 0.1) is 23.1 Å². The summed E-state index contributed by atoms with van der Waals surface area (Å²) in [6.07, 6.45) is 1.56. The minimum atomic E-state index is -0.620. The second kappa shape index (κ2) is 8.38. The fraction of sp³-hybridized carbons (Fsp3) is 0.500. The number of nitriles is 1. The number of carbonyl (C=O) groups excluding carboxylic acids is 3. The van der Waals surface area contributed by atoms with Crippen molar-refractivity contribution in [3.63, 3.8) is 0 Å². The third-order valence-corrected chi connectivity index (χ3v) is 5.34. The fourth-order valence-corrected chi connectivity index (χ4v) is 3.77. The Morgan fingerprint density at radius 3 is 2.57 bits per heavy atom. The number of hydrogen-bond acceptors (Lipinski definition) is 4. The Labute approximate surface area is 163 Å². The Morgan fingerprint density at radius 2 is 1.86 bits per heavy atom. The zero-order chi connectivity index (χ0) is 20.3. The van der Waals surface area contributed by atoms with E-state index in [9.17, 15) is 18.8 Å². The van der Waals surface area contributed by atoms with E-state index < -0.39 is 5.82 Å². The van der Waals surface area contributed by atoms with Crippen LogP contribution in [0.5, 0.6) is 0 Å². The van der Waals surface area contributed by atoms with Gasteiger partial charge in [-0.3, -0.25) is 14.4 Å². The fourth-order valence-electron chi connectivity index (χ4n) is 3.77. The van der Waals surface area contributed by atoms with Gasteiger partial charge in [0.25, 0.3) is 5.91 Å². The van der Waals surface area contributed by atoms with Crippen LogP contribution in [0.1, 0.15) is 35.2 Å². The summed E-state index contributed by atoms with van der Waals surface area (Å²) in [6, 6.07) is 5.45. The average molecular weight is 386 g/mol.